The van der Waals surface area contributed by atoms with Crippen molar-refractivity contribution in [2.24, 2.45) is 0 Å². The summed E-state index contributed by atoms with van der Waals surface area (Å²) in [6, 6.07) is 7.24. The normalized spacial score (nSPS) is 10.3. The number of rotatable bonds is 9. The molecule has 2 heterocycles. The van der Waals surface area contributed by atoms with Crippen molar-refractivity contribution in [3.8, 4) is 5.88 Å². The molecule has 0 aliphatic rings. The molecule has 0 radical (unpaired) electrons. The fraction of sp³-hybridized carbons (Fsp3) is 0.389. The van der Waals surface area contributed by atoms with Gasteiger partial charge < -0.3 is 15.0 Å². The predicted molar refractivity (Wildman–Crippen MR) is 97.8 cm³/mol. The number of carbonyl (C=O) groups is 2. The maximum atomic E-state index is 12.1. The number of thiophene rings is 1. The molecular weight excluding hydrogens is 338 g/mol. The summed E-state index contributed by atoms with van der Waals surface area (Å²) in [6.07, 6.45) is 3.67. The van der Waals surface area contributed by atoms with Crippen LogP contribution in [0.3, 0.4) is 0 Å². The topological polar surface area (TPSA) is 71.5 Å². The minimum Gasteiger partial charge on any atom is -0.477 e. The molecule has 6 nitrogen and oxygen atoms in total. The number of ether oxygens (including phenoxy) is 1. The molecule has 2 amide bonds. The van der Waals surface area contributed by atoms with Crippen molar-refractivity contribution in [3.63, 3.8) is 0 Å². The number of pyridine rings is 1. The van der Waals surface area contributed by atoms with Gasteiger partial charge in [-0.05, 0) is 23.9 Å². The van der Waals surface area contributed by atoms with Crippen molar-refractivity contribution in [3.05, 3.63) is 46.3 Å². The molecule has 0 spiro atoms. The van der Waals surface area contributed by atoms with Crippen LogP contribution < -0.4 is 10.1 Å². The first-order valence-electron chi connectivity index (χ1n) is 8.24. The molecule has 2 aromatic rings. The third-order valence-corrected chi connectivity index (χ3v) is 4.38. The summed E-state index contributed by atoms with van der Waals surface area (Å²) in [6.45, 7) is 3.02. The van der Waals surface area contributed by atoms with E-state index in [-0.39, 0.29) is 18.4 Å². The second-order valence-corrected chi connectivity index (χ2v) is 6.53. The van der Waals surface area contributed by atoms with Gasteiger partial charge in [-0.25, -0.2) is 4.98 Å². The average molecular weight is 361 g/mol. The maximum absolute atomic E-state index is 12.1. The minimum absolute atomic E-state index is 0.00300. The van der Waals surface area contributed by atoms with E-state index in [2.05, 4.69) is 17.2 Å². The van der Waals surface area contributed by atoms with Gasteiger partial charge in [-0.3, -0.25) is 9.59 Å². The zero-order valence-corrected chi connectivity index (χ0v) is 15.3. The molecule has 0 atom stereocenters. The van der Waals surface area contributed by atoms with Gasteiger partial charge in [0.05, 0.1) is 18.0 Å². The maximum Gasteiger partial charge on any atom is 0.264 e. The van der Waals surface area contributed by atoms with E-state index in [1.165, 1.54) is 16.2 Å². The lowest BCUT2D eigenvalue weighted by Gasteiger charge is -2.16. The Bertz CT molecular complexity index is 689. The van der Waals surface area contributed by atoms with E-state index in [1.54, 1.807) is 25.4 Å². The summed E-state index contributed by atoms with van der Waals surface area (Å²) in [7, 11) is 1.62. The average Bonchev–Trinajstić information content (AvgIpc) is 3.15. The fourth-order valence-corrected chi connectivity index (χ4v) is 2.84. The molecule has 134 valence electrons. The molecule has 0 unspecified atom stereocenters. The first kappa shape index (κ1) is 18.9. The summed E-state index contributed by atoms with van der Waals surface area (Å²) in [5.41, 5.74) is 0.819. The van der Waals surface area contributed by atoms with Gasteiger partial charge in [0.15, 0.2) is 0 Å². The van der Waals surface area contributed by atoms with Gasteiger partial charge in [-0.1, -0.05) is 25.5 Å². The number of nitrogens with zero attached hydrogens (tertiary/aromatic N) is 2. The van der Waals surface area contributed by atoms with Crippen molar-refractivity contribution in [2.75, 3.05) is 20.2 Å². The molecule has 0 aliphatic carbocycles. The molecule has 0 aliphatic heterocycles. The number of carbonyl (C=O) groups excluding carboxylic acids is 2. The SMILES string of the molecule is CCCCOc1ncccc1CNC(=O)CN(C)C(=O)c1cccs1. The number of amides is 2. The Morgan fingerprint density at radius 2 is 2.16 bits per heavy atom. The Labute approximate surface area is 151 Å². The minimum atomic E-state index is -0.226. The quantitative estimate of drug-likeness (QED) is 0.697. The molecule has 25 heavy (non-hydrogen) atoms. The van der Waals surface area contributed by atoms with Crippen LogP contribution in [0, 0.1) is 0 Å². The molecular formula is C18H23N3O3S. The Balaban J connectivity index is 1.84. The highest BCUT2D eigenvalue weighted by Crippen LogP contribution is 2.14. The summed E-state index contributed by atoms with van der Waals surface area (Å²) in [5.74, 6) is 0.158. The highest BCUT2D eigenvalue weighted by atomic mass is 32.1. The second-order valence-electron chi connectivity index (χ2n) is 5.58. The predicted octanol–water partition coefficient (Wildman–Crippen LogP) is 2.71. The van der Waals surface area contributed by atoms with Crippen molar-refractivity contribution >= 4 is 23.2 Å². The van der Waals surface area contributed by atoms with Crippen LogP contribution in [0.2, 0.25) is 0 Å². The van der Waals surface area contributed by atoms with Gasteiger partial charge >= 0.3 is 0 Å². The summed E-state index contributed by atoms with van der Waals surface area (Å²) >= 11 is 1.36. The van der Waals surface area contributed by atoms with Crippen LogP contribution in [0.25, 0.3) is 0 Å². The summed E-state index contributed by atoms with van der Waals surface area (Å²) in [4.78, 5) is 30.5. The van der Waals surface area contributed by atoms with Gasteiger partial charge in [0, 0.05) is 25.4 Å². The molecule has 0 saturated heterocycles. The van der Waals surface area contributed by atoms with Crippen LogP contribution in [0.4, 0.5) is 0 Å². The van der Waals surface area contributed by atoms with Crippen LogP contribution in [-0.4, -0.2) is 41.9 Å². The van der Waals surface area contributed by atoms with Crippen molar-refractivity contribution in [1.29, 1.82) is 0 Å². The number of aromatic nitrogens is 1. The number of hydrogen-bond donors (Lipinski definition) is 1. The molecule has 1 N–H and O–H groups in total. The van der Waals surface area contributed by atoms with E-state index in [0.29, 0.717) is 23.9 Å². The van der Waals surface area contributed by atoms with E-state index < -0.39 is 0 Å². The molecule has 2 aromatic heterocycles. The van der Waals surface area contributed by atoms with Crippen LogP contribution >= 0.6 is 11.3 Å². The molecule has 0 saturated carbocycles. The van der Waals surface area contributed by atoms with E-state index in [1.807, 2.05) is 17.5 Å². The van der Waals surface area contributed by atoms with Crippen LogP contribution in [-0.2, 0) is 11.3 Å². The Hall–Kier alpha value is -2.41. The largest absolute Gasteiger partial charge is 0.477 e. The highest BCUT2D eigenvalue weighted by molar-refractivity contribution is 7.12. The van der Waals surface area contributed by atoms with Crippen LogP contribution in [0.1, 0.15) is 35.0 Å². The lowest BCUT2D eigenvalue weighted by atomic mass is 10.2. The van der Waals surface area contributed by atoms with E-state index in [4.69, 9.17) is 4.74 Å². The smallest absolute Gasteiger partial charge is 0.264 e. The molecule has 0 bridgehead atoms. The van der Waals surface area contributed by atoms with Crippen molar-refractivity contribution < 1.29 is 14.3 Å². The number of hydrogen-bond acceptors (Lipinski definition) is 5. The lowest BCUT2D eigenvalue weighted by Crippen LogP contribution is -2.37. The molecule has 0 fully saturated rings. The highest BCUT2D eigenvalue weighted by Gasteiger charge is 2.16. The number of nitrogens with one attached hydrogen (secondary N) is 1. The van der Waals surface area contributed by atoms with E-state index in [9.17, 15) is 9.59 Å². The Morgan fingerprint density at radius 3 is 2.88 bits per heavy atom. The first-order valence-corrected chi connectivity index (χ1v) is 9.12. The third-order valence-electron chi connectivity index (χ3n) is 3.52. The number of likely N-dealkylation sites (N-methyl/N-ethyl adjacent to an activating group) is 1. The lowest BCUT2D eigenvalue weighted by molar-refractivity contribution is -0.121. The molecule has 2 rings (SSSR count). The third kappa shape index (κ3) is 5.86. The van der Waals surface area contributed by atoms with Gasteiger partial charge in [0.2, 0.25) is 11.8 Å². The van der Waals surface area contributed by atoms with Gasteiger partial charge in [-0.2, -0.15) is 0 Å². The molecule has 7 heteroatoms. The Morgan fingerprint density at radius 1 is 1.32 bits per heavy atom. The van der Waals surface area contributed by atoms with Crippen molar-refractivity contribution in [1.82, 2.24) is 15.2 Å². The van der Waals surface area contributed by atoms with Gasteiger partial charge in [0.1, 0.15) is 0 Å². The first-order chi connectivity index (χ1) is 12.1. The summed E-state index contributed by atoms with van der Waals surface area (Å²) in [5, 5.41) is 4.65. The van der Waals surface area contributed by atoms with Gasteiger partial charge in [0.25, 0.3) is 5.91 Å². The van der Waals surface area contributed by atoms with Gasteiger partial charge in [-0.15, -0.1) is 11.3 Å². The molecule has 0 aromatic carbocycles. The zero-order chi connectivity index (χ0) is 18.1. The van der Waals surface area contributed by atoms with E-state index >= 15 is 0 Å². The van der Waals surface area contributed by atoms with Crippen LogP contribution in [0.15, 0.2) is 35.8 Å². The summed E-state index contributed by atoms with van der Waals surface area (Å²) < 4.78 is 5.65. The van der Waals surface area contributed by atoms with Crippen molar-refractivity contribution in [2.45, 2.75) is 26.3 Å². The van der Waals surface area contributed by atoms with E-state index in [0.717, 1.165) is 18.4 Å². The van der Waals surface area contributed by atoms with Crippen LogP contribution in [0.5, 0.6) is 5.88 Å². The monoisotopic (exact) mass is 361 g/mol. The standard InChI is InChI=1S/C18H23N3O3S/c1-3-4-10-24-17-14(7-5-9-19-17)12-20-16(22)13-21(2)18(23)15-8-6-11-25-15/h5-9,11H,3-4,10,12-13H2,1-2H3,(H,20,22). The Kier molecular flexibility index (Phi) is 7.40. The fourth-order valence-electron chi connectivity index (χ4n) is 2.13. The zero-order valence-electron chi connectivity index (χ0n) is 14.5. The second kappa shape index (κ2) is 9.78. The number of unbranched alkanes of at least 4 members (excludes halogenated alkanes) is 1.